The largest absolute Gasteiger partial charge is 0.480 e. The van der Waals surface area contributed by atoms with Crippen LogP contribution in [0.4, 0.5) is 0 Å². The molecule has 0 aliphatic heterocycles. The van der Waals surface area contributed by atoms with E-state index in [1.807, 2.05) is 13.8 Å². The molecule has 1 atom stereocenters. The molecule has 0 radical (unpaired) electrons. The minimum absolute atomic E-state index is 0.346. The van der Waals surface area contributed by atoms with E-state index in [0.29, 0.717) is 5.56 Å². The molecule has 102 valence electrons. The summed E-state index contributed by atoms with van der Waals surface area (Å²) in [6.45, 7) is 3.76. The van der Waals surface area contributed by atoms with Crippen LogP contribution in [0.1, 0.15) is 27.9 Å². The fourth-order valence-electron chi connectivity index (χ4n) is 1.53. The van der Waals surface area contributed by atoms with Crippen LogP contribution in [0.5, 0.6) is 0 Å². The number of primary amides is 1. The van der Waals surface area contributed by atoms with Crippen LogP contribution < -0.4 is 11.1 Å². The lowest BCUT2D eigenvalue weighted by atomic mass is 10.1. The van der Waals surface area contributed by atoms with E-state index in [9.17, 15) is 14.4 Å². The zero-order chi connectivity index (χ0) is 14.6. The van der Waals surface area contributed by atoms with E-state index < -0.39 is 30.2 Å². The summed E-state index contributed by atoms with van der Waals surface area (Å²) in [6.07, 6.45) is -0.439. The van der Waals surface area contributed by atoms with Gasteiger partial charge in [-0.05, 0) is 37.1 Å². The number of aliphatic carboxylic acids is 1. The van der Waals surface area contributed by atoms with Crippen molar-refractivity contribution >= 4 is 17.8 Å². The first-order chi connectivity index (χ1) is 8.81. The average molecular weight is 264 g/mol. The van der Waals surface area contributed by atoms with Crippen molar-refractivity contribution in [1.29, 1.82) is 0 Å². The van der Waals surface area contributed by atoms with Gasteiger partial charge in [0.1, 0.15) is 6.04 Å². The number of carboxylic acid groups (broad SMARTS) is 1. The third kappa shape index (κ3) is 4.09. The predicted octanol–water partition coefficient (Wildman–Crippen LogP) is 0.362. The second kappa shape index (κ2) is 5.99. The average Bonchev–Trinajstić information content (AvgIpc) is 2.31. The van der Waals surface area contributed by atoms with E-state index in [1.54, 1.807) is 18.2 Å². The van der Waals surface area contributed by atoms with Crippen molar-refractivity contribution < 1.29 is 19.5 Å². The number of nitrogens with two attached hydrogens (primary N) is 1. The van der Waals surface area contributed by atoms with Crippen LogP contribution in [0.3, 0.4) is 0 Å². The summed E-state index contributed by atoms with van der Waals surface area (Å²) >= 11 is 0. The summed E-state index contributed by atoms with van der Waals surface area (Å²) in [5.41, 5.74) is 7.24. The second-order valence-electron chi connectivity index (χ2n) is 4.33. The van der Waals surface area contributed by atoms with Gasteiger partial charge in [0.2, 0.25) is 5.91 Å². The van der Waals surface area contributed by atoms with E-state index in [2.05, 4.69) is 5.32 Å². The van der Waals surface area contributed by atoms with Crippen LogP contribution in [0.15, 0.2) is 18.2 Å². The molecular formula is C13H16N2O4. The Kier molecular flexibility index (Phi) is 4.63. The lowest BCUT2D eigenvalue weighted by Gasteiger charge is -2.13. The molecule has 2 amide bonds. The normalized spacial score (nSPS) is 11.7. The molecule has 19 heavy (non-hydrogen) atoms. The number of carboxylic acids is 1. The summed E-state index contributed by atoms with van der Waals surface area (Å²) in [4.78, 5) is 33.5. The molecule has 0 aromatic heterocycles. The predicted molar refractivity (Wildman–Crippen MR) is 68.6 cm³/mol. The zero-order valence-corrected chi connectivity index (χ0v) is 10.8. The van der Waals surface area contributed by atoms with Gasteiger partial charge >= 0.3 is 5.97 Å². The van der Waals surface area contributed by atoms with Crippen molar-refractivity contribution in [3.05, 3.63) is 34.9 Å². The number of hydrogen-bond acceptors (Lipinski definition) is 3. The molecule has 0 heterocycles. The molecule has 0 saturated carbocycles. The molecule has 0 aliphatic carbocycles. The van der Waals surface area contributed by atoms with Crippen LogP contribution in [-0.4, -0.2) is 28.9 Å². The van der Waals surface area contributed by atoms with E-state index in [0.717, 1.165) is 11.1 Å². The lowest BCUT2D eigenvalue weighted by Crippen LogP contribution is -2.43. The van der Waals surface area contributed by atoms with Crippen molar-refractivity contribution in [3.63, 3.8) is 0 Å². The van der Waals surface area contributed by atoms with Gasteiger partial charge in [0, 0.05) is 5.56 Å². The first-order valence-corrected chi connectivity index (χ1v) is 5.70. The highest BCUT2D eigenvalue weighted by atomic mass is 16.4. The molecule has 1 rings (SSSR count). The smallest absolute Gasteiger partial charge is 0.326 e. The molecule has 1 aromatic carbocycles. The van der Waals surface area contributed by atoms with Crippen LogP contribution >= 0.6 is 0 Å². The van der Waals surface area contributed by atoms with Crippen LogP contribution in [0.2, 0.25) is 0 Å². The van der Waals surface area contributed by atoms with Gasteiger partial charge in [0.05, 0.1) is 6.42 Å². The second-order valence-corrected chi connectivity index (χ2v) is 4.33. The molecule has 4 N–H and O–H groups in total. The summed E-state index contributed by atoms with van der Waals surface area (Å²) < 4.78 is 0. The summed E-state index contributed by atoms with van der Waals surface area (Å²) in [6, 6.07) is 3.72. The molecule has 0 fully saturated rings. The minimum atomic E-state index is -1.31. The Morgan fingerprint density at radius 2 is 1.89 bits per heavy atom. The number of amides is 2. The number of hydrogen-bond donors (Lipinski definition) is 3. The third-order valence-electron chi connectivity index (χ3n) is 2.78. The number of benzene rings is 1. The third-order valence-corrected chi connectivity index (χ3v) is 2.78. The van der Waals surface area contributed by atoms with Gasteiger partial charge in [-0.2, -0.15) is 0 Å². The number of carbonyl (C=O) groups is 3. The van der Waals surface area contributed by atoms with Crippen LogP contribution in [0.25, 0.3) is 0 Å². The van der Waals surface area contributed by atoms with Gasteiger partial charge in [-0.25, -0.2) is 4.79 Å². The zero-order valence-electron chi connectivity index (χ0n) is 10.8. The molecule has 0 bridgehead atoms. The fraction of sp³-hybridized carbons (Fsp3) is 0.308. The van der Waals surface area contributed by atoms with E-state index >= 15 is 0 Å². The Balaban J connectivity index is 2.84. The van der Waals surface area contributed by atoms with Gasteiger partial charge in [0.25, 0.3) is 5.91 Å². The highest BCUT2D eigenvalue weighted by molar-refractivity contribution is 5.97. The monoisotopic (exact) mass is 264 g/mol. The first-order valence-electron chi connectivity index (χ1n) is 5.70. The van der Waals surface area contributed by atoms with Gasteiger partial charge in [-0.1, -0.05) is 6.07 Å². The maximum atomic E-state index is 11.9. The van der Waals surface area contributed by atoms with Crippen molar-refractivity contribution in [2.45, 2.75) is 26.3 Å². The first kappa shape index (κ1) is 14.7. The molecule has 1 aromatic rings. The highest BCUT2D eigenvalue weighted by Crippen LogP contribution is 2.10. The molecular weight excluding hydrogens is 248 g/mol. The van der Waals surface area contributed by atoms with Crippen molar-refractivity contribution in [1.82, 2.24) is 5.32 Å². The SMILES string of the molecule is Cc1ccc(C(=O)N[C@@H](CC(N)=O)C(=O)O)cc1C. The van der Waals surface area contributed by atoms with Crippen LogP contribution in [0, 0.1) is 13.8 Å². The van der Waals surface area contributed by atoms with Gasteiger partial charge in [-0.3, -0.25) is 9.59 Å². The summed E-state index contributed by atoms with van der Waals surface area (Å²) in [5.74, 6) is -2.62. The molecule has 6 nitrogen and oxygen atoms in total. The fourth-order valence-corrected chi connectivity index (χ4v) is 1.53. The molecule has 0 aliphatic rings. The van der Waals surface area contributed by atoms with Gasteiger partial charge in [0.15, 0.2) is 0 Å². The van der Waals surface area contributed by atoms with Crippen molar-refractivity contribution in [3.8, 4) is 0 Å². The van der Waals surface area contributed by atoms with Gasteiger partial charge < -0.3 is 16.2 Å². The Hall–Kier alpha value is -2.37. The van der Waals surface area contributed by atoms with E-state index in [1.165, 1.54) is 0 Å². The summed E-state index contributed by atoms with van der Waals surface area (Å²) in [5, 5.41) is 11.2. The van der Waals surface area contributed by atoms with Crippen LogP contribution in [-0.2, 0) is 9.59 Å². The van der Waals surface area contributed by atoms with Crippen molar-refractivity contribution in [2.75, 3.05) is 0 Å². The van der Waals surface area contributed by atoms with Gasteiger partial charge in [-0.15, -0.1) is 0 Å². The number of aryl methyl sites for hydroxylation is 2. The highest BCUT2D eigenvalue weighted by Gasteiger charge is 2.22. The Labute approximate surface area is 110 Å². The number of nitrogens with one attached hydrogen (secondary N) is 1. The number of carbonyl (C=O) groups excluding carboxylic acids is 2. The quantitative estimate of drug-likeness (QED) is 0.713. The Morgan fingerprint density at radius 3 is 2.37 bits per heavy atom. The van der Waals surface area contributed by atoms with E-state index in [4.69, 9.17) is 10.8 Å². The molecule has 0 saturated heterocycles. The Bertz CT molecular complexity index is 525. The standard InChI is InChI=1S/C13H16N2O4/c1-7-3-4-9(5-8(7)2)12(17)15-10(13(18)19)6-11(14)16/h3-5,10H,6H2,1-2H3,(H2,14,16)(H,15,17)(H,18,19)/t10-/m0/s1. The summed E-state index contributed by atoms with van der Waals surface area (Å²) in [7, 11) is 0. The lowest BCUT2D eigenvalue weighted by molar-refractivity contribution is -0.140. The van der Waals surface area contributed by atoms with Crippen molar-refractivity contribution in [2.24, 2.45) is 5.73 Å². The molecule has 0 spiro atoms. The maximum absolute atomic E-state index is 11.9. The number of rotatable bonds is 5. The minimum Gasteiger partial charge on any atom is -0.480 e. The van der Waals surface area contributed by atoms with E-state index in [-0.39, 0.29) is 0 Å². The molecule has 6 heteroatoms. The topological polar surface area (TPSA) is 109 Å². The Morgan fingerprint density at radius 1 is 1.26 bits per heavy atom. The maximum Gasteiger partial charge on any atom is 0.326 e. The molecule has 0 unspecified atom stereocenters.